The Morgan fingerprint density at radius 1 is 0.651 bits per heavy atom. The number of carboxylic acid groups (broad SMARTS) is 2. The maximum atomic E-state index is 13.1. The molecule has 0 atom stereocenters. The number of rotatable bonds is 8. The van der Waals surface area contributed by atoms with Crippen LogP contribution in [0, 0.1) is 11.6 Å². The maximum Gasteiger partial charge on any atom is 2.00 e. The van der Waals surface area contributed by atoms with E-state index in [4.69, 9.17) is 0 Å². The fourth-order valence-corrected chi connectivity index (χ4v) is 3.38. The Labute approximate surface area is 282 Å². The van der Waals surface area contributed by atoms with Crippen LogP contribution in [0.1, 0.15) is 21.0 Å². The second-order valence-corrected chi connectivity index (χ2v) is 8.31. The molecule has 216 valence electrons. The number of hydrogen-bond acceptors (Lipinski definition) is 10. The summed E-state index contributed by atoms with van der Waals surface area (Å²) in [4.78, 5) is 51.2. The zero-order valence-corrected chi connectivity index (χ0v) is 26.5. The van der Waals surface area contributed by atoms with Crippen LogP contribution >= 0.6 is 0 Å². The van der Waals surface area contributed by atoms with E-state index in [-0.39, 0.29) is 60.3 Å². The molecule has 0 radical (unpaired) electrons. The fourth-order valence-electron chi connectivity index (χ4n) is 3.38. The molecule has 15 heteroatoms. The minimum atomic E-state index is -1.46. The van der Waals surface area contributed by atoms with Gasteiger partial charge < -0.3 is 40.6 Å². The summed E-state index contributed by atoms with van der Waals surface area (Å²) >= 11 is 0. The van der Waals surface area contributed by atoms with Crippen LogP contribution in [0.5, 0.6) is 11.5 Å². The second kappa shape index (κ2) is 16.3. The van der Waals surface area contributed by atoms with Crippen LogP contribution in [0.3, 0.4) is 0 Å². The Morgan fingerprint density at radius 2 is 1.02 bits per heavy atom. The van der Waals surface area contributed by atoms with E-state index < -0.39 is 60.0 Å². The molecule has 0 aliphatic heterocycles. The van der Waals surface area contributed by atoms with Crippen molar-refractivity contribution in [2.45, 2.75) is 0 Å². The number of carbonyl (C=O) groups is 4. The molecule has 4 rings (SSSR count). The van der Waals surface area contributed by atoms with Gasteiger partial charge in [0.1, 0.15) is 23.1 Å². The summed E-state index contributed by atoms with van der Waals surface area (Å²) in [5, 5.41) is 44.1. The summed E-state index contributed by atoms with van der Waals surface area (Å²) in [5.41, 5.74) is 1.17. The number of carbonyl (C=O) groups excluding carboxylic acids is 4. The van der Waals surface area contributed by atoms with Gasteiger partial charge >= 0.3 is 48.9 Å². The Balaban J connectivity index is 0.000000293. The van der Waals surface area contributed by atoms with Crippen LogP contribution in [-0.2, 0) is 9.59 Å². The van der Waals surface area contributed by atoms with E-state index in [2.05, 4.69) is 9.97 Å². The van der Waals surface area contributed by atoms with E-state index in [1.807, 2.05) is 10.6 Å². The van der Waals surface area contributed by atoms with Gasteiger partial charge in [0, 0.05) is 23.5 Å². The Hall–Kier alpha value is -4.35. The topological polar surface area (TPSA) is 205 Å². The molecule has 2 aromatic carbocycles. The third kappa shape index (κ3) is 10.5. The van der Waals surface area contributed by atoms with Gasteiger partial charge in [0.25, 0.3) is 11.8 Å². The number of hydrogen-bond donors (Lipinski definition) is 4. The largest absolute Gasteiger partial charge is 2.00 e. The van der Waals surface area contributed by atoms with Crippen LogP contribution in [0.25, 0.3) is 22.3 Å². The minimum absolute atomic E-state index is 0. The molecule has 4 N–H and O–H groups in total. The minimum Gasteiger partial charge on any atom is -0.548 e. The van der Waals surface area contributed by atoms with E-state index >= 15 is 0 Å². The summed E-state index contributed by atoms with van der Waals surface area (Å²) in [7, 11) is 0. The monoisotopic (exact) mass is 716 g/mol. The van der Waals surface area contributed by atoms with E-state index in [1.165, 1.54) is 60.9 Å². The predicted octanol–water partition coefficient (Wildman–Crippen LogP) is -0.235. The van der Waals surface area contributed by atoms with Crippen molar-refractivity contribution in [1.29, 1.82) is 0 Å². The molecule has 0 aliphatic rings. The van der Waals surface area contributed by atoms with Crippen molar-refractivity contribution in [1.82, 2.24) is 20.6 Å². The molecule has 12 nitrogen and oxygen atoms in total. The van der Waals surface area contributed by atoms with E-state index in [1.54, 1.807) is 12.1 Å². The zero-order chi connectivity index (χ0) is 30.8. The molecular weight excluding hydrogens is 696 g/mol. The van der Waals surface area contributed by atoms with Crippen LogP contribution in [0.2, 0.25) is 0 Å². The van der Waals surface area contributed by atoms with E-state index in [9.17, 15) is 48.4 Å². The summed E-state index contributed by atoms with van der Waals surface area (Å²) < 4.78 is 26.3. The zero-order valence-electron chi connectivity index (χ0n) is 22.0. The molecule has 0 spiro atoms. The Bertz CT molecular complexity index is 1530. The quantitative estimate of drug-likeness (QED) is 0.176. The molecule has 0 saturated heterocycles. The van der Waals surface area contributed by atoms with Crippen molar-refractivity contribution < 1.29 is 48.4 Å². The smallest absolute Gasteiger partial charge is 0.548 e. The summed E-state index contributed by atoms with van der Waals surface area (Å²) in [5.74, 6) is -6.37. The number of nitrogens with one attached hydrogen (secondary N) is 2. The summed E-state index contributed by atoms with van der Waals surface area (Å²) in [6, 6.07) is 13.8. The van der Waals surface area contributed by atoms with Crippen molar-refractivity contribution in [3.63, 3.8) is 0 Å². The number of aromatic hydroxyl groups is 2. The van der Waals surface area contributed by atoms with Crippen LogP contribution in [0.4, 0.5) is 8.78 Å². The van der Waals surface area contributed by atoms with Gasteiger partial charge in [-0.1, -0.05) is 24.3 Å². The molecule has 2 heterocycles. The van der Waals surface area contributed by atoms with Gasteiger partial charge in [-0.3, -0.25) is 9.59 Å². The van der Waals surface area contributed by atoms with Crippen molar-refractivity contribution in [3.05, 3.63) is 96.1 Å². The van der Waals surface area contributed by atoms with Crippen LogP contribution in [0.15, 0.2) is 73.1 Å². The number of amides is 2. The average Bonchev–Trinajstić information content (AvgIpc) is 2.95. The molecule has 0 saturated carbocycles. The standard InChI is InChI=1S/2C14H11FN2O4.Ba/c2*15-10-3-1-2-8(4-10)9-5-11(18)13(16-6-9)14(21)17-7-12(19)20;/h2*1-6,18H,7H2,(H,17,21)(H,19,20);/q;;+2/p-2. The summed E-state index contributed by atoms with van der Waals surface area (Å²) in [6.07, 6.45) is 2.56. The van der Waals surface area contributed by atoms with Gasteiger partial charge in [0.05, 0.1) is 25.0 Å². The number of halogens is 2. The van der Waals surface area contributed by atoms with Gasteiger partial charge in [0.2, 0.25) is 0 Å². The van der Waals surface area contributed by atoms with E-state index in [0.717, 1.165) is 0 Å². The van der Waals surface area contributed by atoms with Crippen molar-refractivity contribution in [3.8, 4) is 33.8 Å². The molecule has 0 bridgehead atoms. The number of benzene rings is 2. The van der Waals surface area contributed by atoms with Crippen LogP contribution in [-0.4, -0.2) is 106 Å². The van der Waals surface area contributed by atoms with Gasteiger partial charge in [-0.25, -0.2) is 18.7 Å². The molecular formula is C28H20BaF2N4O8. The van der Waals surface area contributed by atoms with Gasteiger partial charge in [-0.05, 0) is 47.5 Å². The first-order valence-corrected chi connectivity index (χ1v) is 11.8. The molecule has 0 unspecified atom stereocenters. The predicted molar refractivity (Wildman–Crippen MR) is 143 cm³/mol. The molecule has 0 fully saturated rings. The SMILES string of the molecule is O=C([O-])CNC(=O)c1ncc(-c2cccc(F)c2)cc1O.O=C([O-])CNC(=O)c1ncc(-c2cccc(F)c2)cc1O.[Ba+2]. The number of nitrogens with zero attached hydrogens (tertiary/aromatic N) is 2. The van der Waals surface area contributed by atoms with E-state index in [0.29, 0.717) is 22.3 Å². The van der Waals surface area contributed by atoms with Crippen LogP contribution < -0.4 is 20.8 Å². The Kier molecular flexibility index (Phi) is 13.2. The fraction of sp³-hybridized carbons (Fsp3) is 0.0714. The van der Waals surface area contributed by atoms with Gasteiger partial charge in [-0.15, -0.1) is 0 Å². The number of pyridine rings is 2. The van der Waals surface area contributed by atoms with Crippen molar-refractivity contribution in [2.24, 2.45) is 0 Å². The number of carboxylic acids is 2. The molecule has 2 aromatic heterocycles. The first kappa shape index (κ1) is 34.9. The third-order valence-corrected chi connectivity index (χ3v) is 5.27. The molecule has 2 amide bonds. The maximum absolute atomic E-state index is 13.1. The summed E-state index contributed by atoms with van der Waals surface area (Å²) in [6.45, 7) is -1.38. The second-order valence-electron chi connectivity index (χ2n) is 8.31. The number of aromatic nitrogens is 2. The van der Waals surface area contributed by atoms with Crippen molar-refractivity contribution >= 4 is 72.6 Å². The van der Waals surface area contributed by atoms with Crippen molar-refractivity contribution in [2.75, 3.05) is 13.1 Å². The first-order valence-electron chi connectivity index (χ1n) is 11.8. The molecule has 0 aliphatic carbocycles. The van der Waals surface area contributed by atoms with Gasteiger partial charge in [0.15, 0.2) is 11.4 Å². The Morgan fingerprint density at radius 3 is 1.33 bits per heavy atom. The average molecular weight is 716 g/mol. The molecule has 4 aromatic rings. The first-order chi connectivity index (χ1) is 19.9. The molecule has 43 heavy (non-hydrogen) atoms. The number of aliphatic carboxylic acids is 2. The third-order valence-electron chi connectivity index (χ3n) is 5.27. The van der Waals surface area contributed by atoms with Gasteiger partial charge in [-0.2, -0.15) is 0 Å². The normalized spacial score (nSPS) is 9.91.